The Bertz CT molecular complexity index is 540. The highest BCUT2D eigenvalue weighted by atomic mass is 35.5. The number of nitrogens with two attached hydrogens (primary N) is 1. The van der Waals surface area contributed by atoms with Gasteiger partial charge in [-0.1, -0.05) is 23.7 Å². The van der Waals surface area contributed by atoms with Crippen LogP contribution in [0.2, 0.25) is 5.15 Å². The highest BCUT2D eigenvalue weighted by molar-refractivity contribution is 6.29. The molecule has 0 radical (unpaired) electrons. The fourth-order valence-corrected chi connectivity index (χ4v) is 1.74. The maximum Gasteiger partial charge on any atom is 0.154 e. The van der Waals surface area contributed by atoms with Gasteiger partial charge in [-0.05, 0) is 37.6 Å². The van der Waals surface area contributed by atoms with E-state index in [9.17, 15) is 0 Å². The monoisotopic (exact) mass is 263 g/mol. The Labute approximate surface area is 111 Å². The number of benzene rings is 1. The summed E-state index contributed by atoms with van der Waals surface area (Å²) in [5.41, 5.74) is 7.48. The van der Waals surface area contributed by atoms with Crippen LogP contribution in [0.15, 0.2) is 30.3 Å². The molecule has 94 valence electrons. The van der Waals surface area contributed by atoms with Gasteiger partial charge in [0.2, 0.25) is 0 Å². The van der Waals surface area contributed by atoms with E-state index in [0.717, 1.165) is 16.9 Å². The van der Waals surface area contributed by atoms with Gasteiger partial charge in [0.1, 0.15) is 5.75 Å². The summed E-state index contributed by atoms with van der Waals surface area (Å²) in [5.74, 6) is 1.18. The number of nitrogens with zero attached hydrogens (tertiary/aromatic N) is 2. The lowest BCUT2D eigenvalue weighted by Gasteiger charge is -2.10. The third-order valence-electron chi connectivity index (χ3n) is 2.33. The lowest BCUT2D eigenvalue weighted by atomic mass is 10.1. The first kappa shape index (κ1) is 12.6. The van der Waals surface area contributed by atoms with E-state index in [1.54, 1.807) is 6.07 Å². The molecule has 0 fully saturated rings. The van der Waals surface area contributed by atoms with Gasteiger partial charge in [-0.3, -0.25) is 0 Å². The van der Waals surface area contributed by atoms with Crippen LogP contribution in [-0.2, 0) is 0 Å². The number of rotatable bonds is 3. The Balaban J connectivity index is 2.31. The first-order chi connectivity index (χ1) is 8.56. The van der Waals surface area contributed by atoms with Gasteiger partial charge in [0.15, 0.2) is 11.0 Å². The lowest BCUT2D eigenvalue weighted by Crippen LogP contribution is -2.05. The van der Waals surface area contributed by atoms with E-state index in [2.05, 4.69) is 10.2 Å². The highest BCUT2D eigenvalue weighted by Gasteiger charge is 2.06. The van der Waals surface area contributed by atoms with E-state index < -0.39 is 0 Å². The average molecular weight is 264 g/mol. The van der Waals surface area contributed by atoms with E-state index in [0.29, 0.717) is 11.0 Å². The van der Waals surface area contributed by atoms with Gasteiger partial charge >= 0.3 is 0 Å². The largest absolute Gasteiger partial charge is 0.491 e. The summed E-state index contributed by atoms with van der Waals surface area (Å²) >= 11 is 5.81. The van der Waals surface area contributed by atoms with Gasteiger partial charge in [-0.25, -0.2) is 0 Å². The van der Waals surface area contributed by atoms with Crippen LogP contribution in [0.3, 0.4) is 0 Å². The molecule has 0 aliphatic rings. The van der Waals surface area contributed by atoms with Crippen LogP contribution in [0, 0.1) is 0 Å². The van der Waals surface area contributed by atoms with Gasteiger partial charge in [-0.2, -0.15) is 0 Å². The molecule has 5 heteroatoms. The van der Waals surface area contributed by atoms with Gasteiger partial charge < -0.3 is 10.5 Å². The number of anilines is 1. The molecule has 0 aliphatic carbocycles. The number of hydrogen-bond acceptors (Lipinski definition) is 4. The van der Waals surface area contributed by atoms with E-state index in [4.69, 9.17) is 22.1 Å². The number of nitrogen functional groups attached to an aromatic ring is 1. The normalized spacial score (nSPS) is 10.7. The zero-order valence-corrected chi connectivity index (χ0v) is 11.0. The van der Waals surface area contributed by atoms with Crippen LogP contribution in [0.5, 0.6) is 5.75 Å². The number of ether oxygens (including phenoxy) is 1. The molecule has 1 heterocycles. The average Bonchev–Trinajstić information content (AvgIpc) is 2.33. The van der Waals surface area contributed by atoms with Crippen LogP contribution in [0.1, 0.15) is 13.8 Å². The Morgan fingerprint density at radius 3 is 2.44 bits per heavy atom. The molecular formula is C13H14ClN3O. The van der Waals surface area contributed by atoms with Gasteiger partial charge in [-0.15, -0.1) is 10.2 Å². The molecule has 0 saturated heterocycles. The van der Waals surface area contributed by atoms with Gasteiger partial charge in [0.05, 0.1) is 6.10 Å². The van der Waals surface area contributed by atoms with Crippen LogP contribution < -0.4 is 10.5 Å². The van der Waals surface area contributed by atoms with Crippen molar-refractivity contribution < 1.29 is 4.74 Å². The summed E-state index contributed by atoms with van der Waals surface area (Å²) in [5, 5.41) is 7.80. The summed E-state index contributed by atoms with van der Waals surface area (Å²) in [6.45, 7) is 3.97. The maximum atomic E-state index is 5.81. The van der Waals surface area contributed by atoms with Crippen LogP contribution in [0.25, 0.3) is 11.1 Å². The third kappa shape index (κ3) is 2.90. The maximum absolute atomic E-state index is 5.81. The molecule has 0 saturated carbocycles. The molecule has 0 spiro atoms. The number of aromatic nitrogens is 2. The highest BCUT2D eigenvalue weighted by Crippen LogP contribution is 2.27. The molecule has 1 aromatic carbocycles. The molecule has 0 aliphatic heterocycles. The Kier molecular flexibility index (Phi) is 3.67. The van der Waals surface area contributed by atoms with Crippen molar-refractivity contribution in [3.05, 3.63) is 35.5 Å². The predicted octanol–water partition coefficient (Wildman–Crippen LogP) is 3.17. The van der Waals surface area contributed by atoms with Gasteiger partial charge in [0.25, 0.3) is 0 Å². The Morgan fingerprint density at radius 2 is 1.83 bits per heavy atom. The summed E-state index contributed by atoms with van der Waals surface area (Å²) in [6, 6.07) is 9.32. The molecule has 0 amide bonds. The lowest BCUT2D eigenvalue weighted by molar-refractivity contribution is 0.242. The Hall–Kier alpha value is -1.81. The van der Waals surface area contributed by atoms with Gasteiger partial charge in [0, 0.05) is 5.56 Å². The van der Waals surface area contributed by atoms with E-state index in [-0.39, 0.29) is 6.10 Å². The second-order valence-electron chi connectivity index (χ2n) is 4.16. The minimum Gasteiger partial charge on any atom is -0.491 e. The SMILES string of the molecule is CC(C)Oc1ccc(-c2cc(Cl)nnc2N)cc1. The Morgan fingerprint density at radius 1 is 1.17 bits per heavy atom. The molecule has 4 nitrogen and oxygen atoms in total. The summed E-state index contributed by atoms with van der Waals surface area (Å²) in [7, 11) is 0. The molecule has 0 unspecified atom stereocenters. The molecule has 1 aromatic heterocycles. The second-order valence-corrected chi connectivity index (χ2v) is 4.54. The molecule has 2 rings (SSSR count). The molecular weight excluding hydrogens is 250 g/mol. The zero-order valence-electron chi connectivity index (χ0n) is 10.2. The zero-order chi connectivity index (χ0) is 13.1. The van der Waals surface area contributed by atoms with Crippen LogP contribution >= 0.6 is 11.6 Å². The first-order valence-electron chi connectivity index (χ1n) is 5.62. The van der Waals surface area contributed by atoms with Crippen molar-refractivity contribution in [3.8, 4) is 16.9 Å². The summed E-state index contributed by atoms with van der Waals surface area (Å²) in [4.78, 5) is 0. The number of halogens is 1. The van der Waals surface area contributed by atoms with Crippen molar-refractivity contribution in [2.75, 3.05) is 5.73 Å². The second kappa shape index (κ2) is 5.23. The van der Waals surface area contributed by atoms with Crippen molar-refractivity contribution in [3.63, 3.8) is 0 Å². The smallest absolute Gasteiger partial charge is 0.154 e. The van der Waals surface area contributed by atoms with Crippen molar-refractivity contribution in [1.29, 1.82) is 0 Å². The molecule has 0 atom stereocenters. The summed E-state index contributed by atoms with van der Waals surface area (Å²) < 4.78 is 5.57. The fourth-order valence-electron chi connectivity index (χ4n) is 1.59. The first-order valence-corrected chi connectivity index (χ1v) is 6.00. The van der Waals surface area contributed by atoms with E-state index >= 15 is 0 Å². The standard InChI is InChI=1S/C13H14ClN3O/c1-8(2)18-10-5-3-9(4-6-10)11-7-12(14)16-17-13(11)15/h3-8H,1-2H3,(H2,15,17). The molecule has 2 N–H and O–H groups in total. The van der Waals surface area contributed by atoms with Crippen LogP contribution in [-0.4, -0.2) is 16.3 Å². The van der Waals surface area contributed by atoms with E-state index in [1.807, 2.05) is 38.1 Å². The topological polar surface area (TPSA) is 61.0 Å². The summed E-state index contributed by atoms with van der Waals surface area (Å²) in [6.07, 6.45) is 0.151. The number of hydrogen-bond donors (Lipinski definition) is 1. The minimum atomic E-state index is 0.151. The molecule has 18 heavy (non-hydrogen) atoms. The predicted molar refractivity (Wildman–Crippen MR) is 72.7 cm³/mol. The van der Waals surface area contributed by atoms with Crippen molar-refractivity contribution in [2.24, 2.45) is 0 Å². The third-order valence-corrected chi connectivity index (χ3v) is 2.51. The molecule has 2 aromatic rings. The fraction of sp³-hybridized carbons (Fsp3) is 0.231. The molecule has 0 bridgehead atoms. The van der Waals surface area contributed by atoms with Crippen LogP contribution in [0.4, 0.5) is 5.82 Å². The minimum absolute atomic E-state index is 0.151. The van der Waals surface area contributed by atoms with Crippen molar-refractivity contribution in [1.82, 2.24) is 10.2 Å². The quantitative estimate of drug-likeness (QED) is 0.924. The van der Waals surface area contributed by atoms with Crippen molar-refractivity contribution >= 4 is 17.4 Å². The van der Waals surface area contributed by atoms with E-state index in [1.165, 1.54) is 0 Å². The van der Waals surface area contributed by atoms with Crippen molar-refractivity contribution in [2.45, 2.75) is 20.0 Å².